The van der Waals surface area contributed by atoms with Crippen molar-refractivity contribution in [3.63, 3.8) is 0 Å². The number of fused-ring (bicyclic) bond motifs is 2. The molecule has 5 nitrogen and oxygen atoms in total. The maximum atomic E-state index is 13.7. The number of rotatable bonds is 4. The molecule has 7 heteroatoms. The van der Waals surface area contributed by atoms with E-state index < -0.39 is 23.2 Å². The summed E-state index contributed by atoms with van der Waals surface area (Å²) < 4.78 is 20.2. The Labute approximate surface area is 162 Å². The number of aliphatic hydroxyl groups excluding tert-OH is 1. The molecule has 1 amide bonds. The maximum Gasteiger partial charge on any atom is 0.290 e. The lowest BCUT2D eigenvalue weighted by atomic mass is 9.98. The van der Waals surface area contributed by atoms with Crippen molar-refractivity contribution in [2.24, 2.45) is 0 Å². The van der Waals surface area contributed by atoms with E-state index in [9.17, 15) is 19.1 Å². The van der Waals surface area contributed by atoms with E-state index in [1.807, 2.05) is 24.3 Å². The molecule has 27 heavy (non-hydrogen) atoms. The van der Waals surface area contributed by atoms with Crippen LogP contribution >= 0.6 is 15.9 Å². The lowest BCUT2D eigenvalue weighted by molar-refractivity contribution is 0.0716. The van der Waals surface area contributed by atoms with E-state index in [4.69, 9.17) is 4.42 Å². The summed E-state index contributed by atoms with van der Waals surface area (Å²) in [7, 11) is 0. The molecule has 0 aliphatic carbocycles. The van der Waals surface area contributed by atoms with E-state index in [-0.39, 0.29) is 35.4 Å². The van der Waals surface area contributed by atoms with Gasteiger partial charge in [-0.25, -0.2) is 4.39 Å². The van der Waals surface area contributed by atoms with Crippen LogP contribution in [0.2, 0.25) is 0 Å². The fourth-order valence-electron chi connectivity index (χ4n) is 3.49. The first-order chi connectivity index (χ1) is 13.0. The average molecular weight is 432 g/mol. The minimum absolute atomic E-state index is 0.0259. The van der Waals surface area contributed by atoms with Crippen LogP contribution in [0.5, 0.6) is 0 Å². The summed E-state index contributed by atoms with van der Waals surface area (Å²) in [5, 5.41) is 9.30. The van der Waals surface area contributed by atoms with Gasteiger partial charge in [-0.1, -0.05) is 28.1 Å². The third-order valence-electron chi connectivity index (χ3n) is 4.65. The molecule has 0 spiro atoms. The first kappa shape index (κ1) is 17.9. The molecule has 1 N–H and O–H groups in total. The quantitative estimate of drug-likeness (QED) is 0.684. The molecule has 0 bridgehead atoms. The lowest BCUT2D eigenvalue weighted by Gasteiger charge is -2.25. The predicted molar refractivity (Wildman–Crippen MR) is 101 cm³/mol. The third kappa shape index (κ3) is 2.96. The Kier molecular flexibility index (Phi) is 4.57. The second kappa shape index (κ2) is 6.90. The average Bonchev–Trinajstić information content (AvgIpc) is 2.93. The van der Waals surface area contributed by atoms with Gasteiger partial charge in [-0.05, 0) is 42.3 Å². The van der Waals surface area contributed by atoms with Gasteiger partial charge in [0.2, 0.25) is 5.76 Å². The largest absolute Gasteiger partial charge is 0.450 e. The number of carbonyl (C=O) groups excluding carboxylic acids is 1. The molecular formula is C20H15BrFNO4. The monoisotopic (exact) mass is 431 g/mol. The van der Waals surface area contributed by atoms with Crippen LogP contribution in [0.25, 0.3) is 11.0 Å². The minimum atomic E-state index is -0.652. The summed E-state index contributed by atoms with van der Waals surface area (Å²) in [6.07, 6.45) is 0.368. The highest BCUT2D eigenvalue weighted by Gasteiger charge is 2.42. The normalized spacial score (nSPS) is 16.2. The standard InChI is InChI=1S/C20H15BrFNO4/c21-12-4-1-3-11(9-12)17-16-18(25)14-10-13(22)5-6-15(14)27-19(16)20(26)23(17)7-2-8-24/h1,3-6,9-10,17,24H,2,7-8H2/t17-/m1/s1. The molecule has 2 aromatic carbocycles. The van der Waals surface area contributed by atoms with Crippen molar-refractivity contribution in [1.82, 2.24) is 4.90 Å². The number of nitrogens with zero attached hydrogens (tertiary/aromatic N) is 1. The van der Waals surface area contributed by atoms with Crippen molar-refractivity contribution in [2.45, 2.75) is 12.5 Å². The smallest absolute Gasteiger partial charge is 0.290 e. The first-order valence-electron chi connectivity index (χ1n) is 8.45. The van der Waals surface area contributed by atoms with E-state index in [1.54, 1.807) is 0 Å². The highest BCUT2D eigenvalue weighted by molar-refractivity contribution is 9.10. The lowest BCUT2D eigenvalue weighted by Crippen LogP contribution is -2.31. The number of aliphatic hydroxyl groups is 1. The highest BCUT2D eigenvalue weighted by Crippen LogP contribution is 2.38. The fraction of sp³-hybridized carbons (Fsp3) is 0.200. The molecule has 0 unspecified atom stereocenters. The number of hydrogen-bond donors (Lipinski definition) is 1. The van der Waals surface area contributed by atoms with Gasteiger partial charge in [0.05, 0.1) is 17.0 Å². The Morgan fingerprint density at radius 2 is 2.00 bits per heavy atom. The van der Waals surface area contributed by atoms with Gasteiger partial charge in [0.25, 0.3) is 5.91 Å². The number of benzene rings is 2. The molecule has 0 fully saturated rings. The molecule has 2 heterocycles. The summed E-state index contributed by atoms with van der Waals surface area (Å²) in [5.74, 6) is -0.982. The van der Waals surface area contributed by atoms with Crippen molar-refractivity contribution in [3.8, 4) is 0 Å². The van der Waals surface area contributed by atoms with Crippen molar-refractivity contribution < 1.29 is 18.7 Å². The van der Waals surface area contributed by atoms with Crippen molar-refractivity contribution in [2.75, 3.05) is 13.2 Å². The molecule has 1 aliphatic rings. The Hall–Kier alpha value is -2.51. The molecular weight excluding hydrogens is 417 g/mol. The molecule has 0 saturated carbocycles. The zero-order chi connectivity index (χ0) is 19.1. The number of hydrogen-bond acceptors (Lipinski definition) is 4. The SMILES string of the molecule is O=C1c2oc3ccc(F)cc3c(=O)c2[C@@H](c2cccc(Br)c2)N1CCCO. The van der Waals surface area contributed by atoms with Gasteiger partial charge in [-0.15, -0.1) is 0 Å². The van der Waals surface area contributed by atoms with Crippen LogP contribution in [0.3, 0.4) is 0 Å². The summed E-state index contributed by atoms with van der Waals surface area (Å²) in [4.78, 5) is 27.6. The van der Waals surface area contributed by atoms with Crippen LogP contribution < -0.4 is 5.43 Å². The van der Waals surface area contributed by atoms with Crippen molar-refractivity contribution in [3.05, 3.63) is 79.9 Å². The molecule has 4 rings (SSSR count). The summed E-state index contributed by atoms with van der Waals surface area (Å²) >= 11 is 3.41. The highest BCUT2D eigenvalue weighted by atomic mass is 79.9. The molecule has 1 aromatic heterocycles. The van der Waals surface area contributed by atoms with Gasteiger partial charge in [-0.3, -0.25) is 9.59 Å². The molecule has 1 aliphatic heterocycles. The van der Waals surface area contributed by atoms with E-state index in [0.29, 0.717) is 6.42 Å². The summed E-state index contributed by atoms with van der Waals surface area (Å²) in [5.41, 5.74) is 0.688. The van der Waals surface area contributed by atoms with Crippen LogP contribution in [-0.2, 0) is 0 Å². The Morgan fingerprint density at radius 1 is 1.19 bits per heavy atom. The molecule has 0 radical (unpaired) electrons. The molecule has 0 saturated heterocycles. The minimum Gasteiger partial charge on any atom is -0.450 e. The van der Waals surface area contributed by atoms with Crippen molar-refractivity contribution >= 4 is 32.8 Å². The maximum absolute atomic E-state index is 13.7. The summed E-state index contributed by atoms with van der Waals surface area (Å²) in [6, 6.07) is 10.3. The van der Waals surface area contributed by atoms with E-state index in [2.05, 4.69) is 15.9 Å². The van der Waals surface area contributed by atoms with Gasteiger partial charge in [-0.2, -0.15) is 0 Å². The van der Waals surface area contributed by atoms with Gasteiger partial charge in [0.1, 0.15) is 11.4 Å². The van der Waals surface area contributed by atoms with E-state index >= 15 is 0 Å². The molecule has 3 aromatic rings. The van der Waals surface area contributed by atoms with E-state index in [0.717, 1.165) is 16.1 Å². The van der Waals surface area contributed by atoms with Crippen LogP contribution in [-0.4, -0.2) is 29.1 Å². The van der Waals surface area contributed by atoms with Crippen LogP contribution in [0, 0.1) is 5.82 Å². The third-order valence-corrected chi connectivity index (χ3v) is 5.14. The Bertz CT molecular complexity index is 1110. The topological polar surface area (TPSA) is 70.8 Å². The number of amides is 1. The number of halogens is 2. The zero-order valence-corrected chi connectivity index (χ0v) is 15.7. The predicted octanol–water partition coefficient (Wildman–Crippen LogP) is 3.62. The van der Waals surface area contributed by atoms with Crippen LogP contribution in [0.4, 0.5) is 4.39 Å². The molecule has 1 atom stereocenters. The van der Waals surface area contributed by atoms with Crippen molar-refractivity contribution in [1.29, 1.82) is 0 Å². The van der Waals surface area contributed by atoms with Gasteiger partial charge in [0, 0.05) is 17.6 Å². The first-order valence-corrected chi connectivity index (χ1v) is 9.24. The van der Waals surface area contributed by atoms with E-state index in [1.165, 1.54) is 17.0 Å². The molecule has 138 valence electrons. The van der Waals surface area contributed by atoms with Gasteiger partial charge in [0.15, 0.2) is 5.43 Å². The van der Waals surface area contributed by atoms with Crippen LogP contribution in [0.15, 0.2) is 56.1 Å². The zero-order valence-electron chi connectivity index (χ0n) is 14.1. The number of carbonyl (C=O) groups is 1. The van der Waals surface area contributed by atoms with Gasteiger partial charge < -0.3 is 14.4 Å². The summed E-state index contributed by atoms with van der Waals surface area (Å²) in [6.45, 7) is 0.181. The second-order valence-corrected chi connectivity index (χ2v) is 7.26. The van der Waals surface area contributed by atoms with Gasteiger partial charge >= 0.3 is 0 Å². The Morgan fingerprint density at radius 3 is 2.74 bits per heavy atom. The van der Waals surface area contributed by atoms with Crippen LogP contribution in [0.1, 0.15) is 34.1 Å². The fourth-order valence-corrected chi connectivity index (χ4v) is 3.90. The Balaban J connectivity index is 1.99. The second-order valence-electron chi connectivity index (χ2n) is 6.35.